The van der Waals surface area contributed by atoms with E-state index in [0.717, 1.165) is 18.7 Å². The Morgan fingerprint density at radius 2 is 2.00 bits per heavy atom. The van der Waals surface area contributed by atoms with Crippen molar-refractivity contribution in [3.8, 4) is 5.75 Å². The van der Waals surface area contributed by atoms with E-state index in [2.05, 4.69) is 11.8 Å². The molecule has 1 aromatic rings. The summed E-state index contributed by atoms with van der Waals surface area (Å²) in [7, 11) is 0. The first kappa shape index (κ1) is 11.9. The second-order valence-electron chi connectivity index (χ2n) is 3.44. The van der Waals surface area contributed by atoms with Crippen molar-refractivity contribution in [1.82, 2.24) is 4.90 Å². The number of phenolic OH excluding ortho intramolecular Hbond substituents is 1. The van der Waals surface area contributed by atoms with Crippen LogP contribution < -0.4 is 5.73 Å². The number of nitrogens with zero attached hydrogens (tertiary/aromatic N) is 1. The van der Waals surface area contributed by atoms with E-state index in [1.54, 1.807) is 12.1 Å². The Hall–Kier alpha value is -1.13. The molecule has 0 aliphatic heterocycles. The monoisotopic (exact) mass is 224 g/mol. The molecule has 0 radical (unpaired) electrons. The maximum Gasteiger partial charge on any atom is 0.115 e. The Kier molecular flexibility index (Phi) is 4.52. The summed E-state index contributed by atoms with van der Waals surface area (Å²) < 4.78 is 0. The Bertz CT molecular complexity index is 324. The highest BCUT2D eigenvalue weighted by Crippen LogP contribution is 2.11. The summed E-state index contributed by atoms with van der Waals surface area (Å²) in [4.78, 5) is 2.66. The van der Waals surface area contributed by atoms with Gasteiger partial charge in [-0.1, -0.05) is 31.3 Å². The van der Waals surface area contributed by atoms with Gasteiger partial charge in [-0.2, -0.15) is 0 Å². The van der Waals surface area contributed by atoms with E-state index < -0.39 is 0 Å². The summed E-state index contributed by atoms with van der Waals surface area (Å²) in [6, 6.07) is 7.17. The molecule has 3 nitrogen and oxygen atoms in total. The van der Waals surface area contributed by atoms with Crippen LogP contribution in [0.1, 0.15) is 12.5 Å². The lowest BCUT2D eigenvalue weighted by Gasteiger charge is -2.19. The Morgan fingerprint density at radius 3 is 2.47 bits per heavy atom. The van der Waals surface area contributed by atoms with Crippen molar-refractivity contribution in [2.45, 2.75) is 13.5 Å². The number of hydrogen-bond donors (Lipinski definition) is 2. The molecule has 1 rings (SSSR count). The highest BCUT2D eigenvalue weighted by molar-refractivity contribution is 7.80. The van der Waals surface area contributed by atoms with Gasteiger partial charge in [-0.15, -0.1) is 0 Å². The van der Waals surface area contributed by atoms with Gasteiger partial charge in [0.15, 0.2) is 0 Å². The van der Waals surface area contributed by atoms with Crippen LogP contribution >= 0.6 is 12.2 Å². The maximum absolute atomic E-state index is 9.14. The van der Waals surface area contributed by atoms with Crippen molar-refractivity contribution in [1.29, 1.82) is 0 Å². The Labute approximate surface area is 95.5 Å². The number of nitrogens with two attached hydrogens (primary N) is 1. The molecule has 3 N–H and O–H groups in total. The van der Waals surface area contributed by atoms with E-state index in [-0.39, 0.29) is 5.75 Å². The van der Waals surface area contributed by atoms with E-state index in [1.807, 2.05) is 12.1 Å². The number of aromatic hydroxyl groups is 1. The van der Waals surface area contributed by atoms with Gasteiger partial charge in [-0.3, -0.25) is 4.90 Å². The summed E-state index contributed by atoms with van der Waals surface area (Å²) in [6.07, 6.45) is 0. The fourth-order valence-corrected chi connectivity index (χ4v) is 1.54. The molecule has 0 unspecified atom stereocenters. The van der Waals surface area contributed by atoms with E-state index in [0.29, 0.717) is 11.5 Å². The zero-order valence-corrected chi connectivity index (χ0v) is 9.63. The van der Waals surface area contributed by atoms with Gasteiger partial charge < -0.3 is 10.8 Å². The molecule has 0 atom stereocenters. The van der Waals surface area contributed by atoms with Crippen LogP contribution in [0.5, 0.6) is 5.75 Å². The zero-order valence-electron chi connectivity index (χ0n) is 8.81. The molecule has 0 saturated carbocycles. The van der Waals surface area contributed by atoms with Gasteiger partial charge in [0.2, 0.25) is 0 Å². The lowest BCUT2D eigenvalue weighted by molar-refractivity contribution is 0.321. The fraction of sp³-hybridized carbons (Fsp3) is 0.364. The van der Waals surface area contributed by atoms with Crippen molar-refractivity contribution >= 4 is 17.2 Å². The third-order valence-corrected chi connectivity index (χ3v) is 2.30. The zero-order chi connectivity index (χ0) is 11.3. The third-order valence-electron chi connectivity index (χ3n) is 2.17. The van der Waals surface area contributed by atoms with E-state index >= 15 is 0 Å². The number of thiocarbonyl (C=S) groups is 1. The summed E-state index contributed by atoms with van der Waals surface area (Å²) in [5, 5.41) is 9.14. The summed E-state index contributed by atoms with van der Waals surface area (Å²) in [6.45, 7) is 4.40. The molecule has 0 amide bonds. The van der Waals surface area contributed by atoms with Crippen LogP contribution in [0, 0.1) is 0 Å². The van der Waals surface area contributed by atoms with E-state index in [1.165, 1.54) is 0 Å². The average Bonchev–Trinajstić information content (AvgIpc) is 2.19. The molecule has 15 heavy (non-hydrogen) atoms. The smallest absolute Gasteiger partial charge is 0.115 e. The van der Waals surface area contributed by atoms with Gasteiger partial charge in [0, 0.05) is 13.1 Å². The minimum atomic E-state index is 0.288. The van der Waals surface area contributed by atoms with Gasteiger partial charge in [0.25, 0.3) is 0 Å². The average molecular weight is 224 g/mol. The largest absolute Gasteiger partial charge is 0.508 e. The molecule has 0 aliphatic carbocycles. The minimum Gasteiger partial charge on any atom is -0.508 e. The molecule has 0 aromatic heterocycles. The molecule has 0 spiro atoms. The first-order valence-electron chi connectivity index (χ1n) is 4.90. The molecular formula is C11H16N2OS. The normalized spacial score (nSPS) is 10.5. The first-order valence-corrected chi connectivity index (χ1v) is 5.31. The van der Waals surface area contributed by atoms with Crippen LogP contribution in [0.25, 0.3) is 0 Å². The van der Waals surface area contributed by atoms with Gasteiger partial charge in [0.1, 0.15) is 5.75 Å². The SMILES string of the molecule is CCN(CC(N)=S)Cc1ccc(O)cc1. The van der Waals surface area contributed by atoms with Crippen molar-refractivity contribution < 1.29 is 5.11 Å². The predicted molar refractivity (Wildman–Crippen MR) is 65.8 cm³/mol. The van der Waals surface area contributed by atoms with E-state index in [9.17, 15) is 0 Å². The lowest BCUT2D eigenvalue weighted by Crippen LogP contribution is -2.32. The quantitative estimate of drug-likeness (QED) is 0.744. The van der Waals surface area contributed by atoms with Gasteiger partial charge in [-0.05, 0) is 24.2 Å². The number of benzene rings is 1. The molecular weight excluding hydrogens is 208 g/mol. The van der Waals surface area contributed by atoms with Crippen molar-refractivity contribution in [3.63, 3.8) is 0 Å². The Morgan fingerprint density at radius 1 is 1.40 bits per heavy atom. The second-order valence-corrected chi connectivity index (χ2v) is 3.96. The number of phenols is 1. The van der Waals surface area contributed by atoms with Crippen molar-refractivity contribution in [2.24, 2.45) is 5.73 Å². The van der Waals surface area contributed by atoms with Crippen LogP contribution in [-0.2, 0) is 6.54 Å². The van der Waals surface area contributed by atoms with E-state index in [4.69, 9.17) is 23.1 Å². The highest BCUT2D eigenvalue weighted by Gasteiger charge is 2.04. The second kappa shape index (κ2) is 5.68. The molecule has 82 valence electrons. The van der Waals surface area contributed by atoms with Crippen molar-refractivity contribution in [2.75, 3.05) is 13.1 Å². The van der Waals surface area contributed by atoms with Crippen LogP contribution in [0.2, 0.25) is 0 Å². The molecule has 4 heteroatoms. The van der Waals surface area contributed by atoms with Crippen LogP contribution in [0.3, 0.4) is 0 Å². The fourth-order valence-electron chi connectivity index (χ4n) is 1.36. The molecule has 0 saturated heterocycles. The Balaban J connectivity index is 2.58. The van der Waals surface area contributed by atoms with Gasteiger partial charge in [-0.25, -0.2) is 0 Å². The number of rotatable bonds is 5. The highest BCUT2D eigenvalue weighted by atomic mass is 32.1. The summed E-state index contributed by atoms with van der Waals surface area (Å²) >= 11 is 4.87. The number of hydrogen-bond acceptors (Lipinski definition) is 3. The minimum absolute atomic E-state index is 0.288. The lowest BCUT2D eigenvalue weighted by atomic mass is 10.2. The molecule has 0 heterocycles. The molecule has 0 aliphatic rings. The van der Waals surface area contributed by atoms with Gasteiger partial charge >= 0.3 is 0 Å². The van der Waals surface area contributed by atoms with Gasteiger partial charge in [0.05, 0.1) is 4.99 Å². The third kappa shape index (κ3) is 4.27. The van der Waals surface area contributed by atoms with Crippen LogP contribution in [0.4, 0.5) is 0 Å². The van der Waals surface area contributed by atoms with Crippen LogP contribution in [-0.4, -0.2) is 28.1 Å². The molecule has 0 fully saturated rings. The first-order chi connectivity index (χ1) is 7.11. The summed E-state index contributed by atoms with van der Waals surface area (Å²) in [5.74, 6) is 0.288. The molecule has 0 bridgehead atoms. The number of likely N-dealkylation sites (N-methyl/N-ethyl adjacent to an activating group) is 1. The van der Waals surface area contributed by atoms with Crippen molar-refractivity contribution in [3.05, 3.63) is 29.8 Å². The predicted octanol–water partition coefficient (Wildman–Crippen LogP) is 1.50. The summed E-state index contributed by atoms with van der Waals surface area (Å²) in [5.41, 5.74) is 6.64. The van der Waals surface area contributed by atoms with Crippen LogP contribution in [0.15, 0.2) is 24.3 Å². The topological polar surface area (TPSA) is 49.5 Å². The standard InChI is InChI=1S/C11H16N2OS/c1-2-13(8-11(12)15)7-9-3-5-10(14)6-4-9/h3-6,14H,2,7-8H2,1H3,(H2,12,15). The molecule has 1 aromatic carbocycles. The maximum atomic E-state index is 9.14.